The standard InChI is InChI=1S/C17H18N4/c1-4-6-8-13(3)15-14(7-5-2)16(9-18,10-19)17(15,11-20)12-21/h5,7,14H,4,6,8H2,1-3H3/b7-5+,15-13+. The van der Waals surface area contributed by atoms with Crippen LogP contribution < -0.4 is 0 Å². The molecule has 0 N–H and O–H groups in total. The Morgan fingerprint density at radius 1 is 1.14 bits per heavy atom. The largest absolute Gasteiger partial charge is 0.198 e. The van der Waals surface area contributed by atoms with Gasteiger partial charge in [-0.1, -0.05) is 31.1 Å². The fourth-order valence-electron chi connectivity index (χ4n) is 3.07. The van der Waals surface area contributed by atoms with Crippen LogP contribution in [-0.2, 0) is 0 Å². The second-order valence-electron chi connectivity index (χ2n) is 5.31. The van der Waals surface area contributed by atoms with E-state index in [2.05, 4.69) is 6.92 Å². The van der Waals surface area contributed by atoms with E-state index in [1.807, 2.05) is 31.2 Å². The molecule has 1 saturated carbocycles. The predicted molar refractivity (Wildman–Crippen MR) is 77.8 cm³/mol. The second-order valence-corrected chi connectivity index (χ2v) is 5.31. The fraction of sp³-hybridized carbons (Fsp3) is 0.529. The molecule has 0 heterocycles. The van der Waals surface area contributed by atoms with E-state index in [1.165, 1.54) is 0 Å². The highest BCUT2D eigenvalue weighted by Gasteiger charge is 2.72. The number of nitriles is 4. The minimum absolute atomic E-state index is 0.478. The highest BCUT2D eigenvalue weighted by Crippen LogP contribution is 2.65. The van der Waals surface area contributed by atoms with Gasteiger partial charge in [0.25, 0.3) is 0 Å². The smallest absolute Gasteiger partial charge is 0.196 e. The minimum Gasteiger partial charge on any atom is -0.196 e. The molecule has 0 radical (unpaired) electrons. The van der Waals surface area contributed by atoms with Crippen LogP contribution in [0.2, 0.25) is 0 Å². The van der Waals surface area contributed by atoms with Crippen LogP contribution in [0.1, 0.15) is 40.0 Å². The van der Waals surface area contributed by atoms with Crippen molar-refractivity contribution in [3.8, 4) is 24.3 Å². The zero-order chi connectivity index (χ0) is 16.1. The average molecular weight is 278 g/mol. The lowest BCUT2D eigenvalue weighted by atomic mass is 9.42. The molecule has 0 amide bonds. The molecular weight excluding hydrogens is 260 g/mol. The summed E-state index contributed by atoms with van der Waals surface area (Å²) < 4.78 is 0. The lowest BCUT2D eigenvalue weighted by Gasteiger charge is -2.51. The van der Waals surface area contributed by atoms with E-state index in [4.69, 9.17) is 0 Å². The molecule has 0 aromatic heterocycles. The van der Waals surface area contributed by atoms with E-state index in [-0.39, 0.29) is 0 Å². The Bertz CT molecular complexity index is 612. The van der Waals surface area contributed by atoms with E-state index in [9.17, 15) is 21.0 Å². The van der Waals surface area contributed by atoms with Gasteiger partial charge in [-0.25, -0.2) is 0 Å². The maximum absolute atomic E-state index is 9.53. The minimum atomic E-state index is -1.65. The molecule has 1 rings (SSSR count). The quantitative estimate of drug-likeness (QED) is 0.731. The summed E-state index contributed by atoms with van der Waals surface area (Å²) in [5.74, 6) is -0.478. The van der Waals surface area contributed by atoms with Crippen LogP contribution in [0.3, 0.4) is 0 Å². The first-order valence-electron chi connectivity index (χ1n) is 7.03. The van der Waals surface area contributed by atoms with Gasteiger partial charge < -0.3 is 0 Å². The summed E-state index contributed by atoms with van der Waals surface area (Å²) in [6.45, 7) is 5.76. The van der Waals surface area contributed by atoms with Crippen LogP contribution in [0.4, 0.5) is 0 Å². The topological polar surface area (TPSA) is 95.2 Å². The highest BCUT2D eigenvalue weighted by molar-refractivity contribution is 5.60. The second kappa shape index (κ2) is 6.26. The normalized spacial score (nSPS) is 24.0. The first-order chi connectivity index (χ1) is 10.0. The van der Waals surface area contributed by atoms with Crippen LogP contribution in [-0.4, -0.2) is 0 Å². The SMILES string of the molecule is C/C=C/C1/C(=C(/C)CCCC)C(C#N)(C#N)C1(C#N)C#N. The van der Waals surface area contributed by atoms with Gasteiger partial charge in [-0.05, 0) is 32.3 Å². The van der Waals surface area contributed by atoms with E-state index >= 15 is 0 Å². The third-order valence-corrected chi connectivity index (χ3v) is 4.21. The monoisotopic (exact) mass is 278 g/mol. The van der Waals surface area contributed by atoms with E-state index in [1.54, 1.807) is 19.1 Å². The Morgan fingerprint density at radius 3 is 2.10 bits per heavy atom. The molecule has 0 aromatic rings. The zero-order valence-electron chi connectivity index (χ0n) is 12.6. The van der Waals surface area contributed by atoms with E-state index in [0.717, 1.165) is 24.8 Å². The Labute approximate surface area is 126 Å². The molecule has 106 valence electrons. The third kappa shape index (κ3) is 2.01. The van der Waals surface area contributed by atoms with Crippen LogP contribution in [0.25, 0.3) is 0 Å². The molecule has 0 bridgehead atoms. The van der Waals surface area contributed by atoms with Gasteiger partial charge in [-0.2, -0.15) is 21.0 Å². The zero-order valence-corrected chi connectivity index (χ0v) is 12.6. The van der Waals surface area contributed by atoms with Crippen molar-refractivity contribution in [2.45, 2.75) is 40.0 Å². The van der Waals surface area contributed by atoms with Gasteiger partial charge in [0.05, 0.1) is 24.3 Å². The summed E-state index contributed by atoms with van der Waals surface area (Å²) in [6.07, 6.45) is 6.26. The van der Waals surface area contributed by atoms with Crippen LogP contribution in [0.5, 0.6) is 0 Å². The van der Waals surface area contributed by atoms with Crippen LogP contribution in [0, 0.1) is 62.1 Å². The molecule has 0 aromatic carbocycles. The Morgan fingerprint density at radius 2 is 1.71 bits per heavy atom. The van der Waals surface area contributed by atoms with Crippen molar-refractivity contribution in [3.05, 3.63) is 23.3 Å². The Balaban J connectivity index is 3.57. The van der Waals surface area contributed by atoms with Crippen molar-refractivity contribution in [3.63, 3.8) is 0 Å². The summed E-state index contributed by atoms with van der Waals surface area (Å²) in [6, 6.07) is 7.79. The Kier molecular flexibility index (Phi) is 4.92. The maximum atomic E-state index is 9.53. The van der Waals surface area contributed by atoms with Crippen molar-refractivity contribution < 1.29 is 0 Å². The fourth-order valence-corrected chi connectivity index (χ4v) is 3.07. The lowest BCUT2D eigenvalue weighted by Crippen LogP contribution is -2.57. The summed E-state index contributed by atoms with van der Waals surface area (Å²) >= 11 is 0. The van der Waals surface area contributed by atoms with Gasteiger partial charge in [0.2, 0.25) is 0 Å². The lowest BCUT2D eigenvalue weighted by molar-refractivity contribution is 0.167. The molecule has 0 aliphatic heterocycles. The molecule has 1 aliphatic rings. The summed E-state index contributed by atoms with van der Waals surface area (Å²) in [5, 5.41) is 38.0. The van der Waals surface area contributed by atoms with Crippen molar-refractivity contribution >= 4 is 0 Å². The van der Waals surface area contributed by atoms with Crippen molar-refractivity contribution in [2.24, 2.45) is 16.7 Å². The number of nitrogens with zero attached hydrogens (tertiary/aromatic N) is 4. The number of allylic oxidation sites excluding steroid dienone is 4. The van der Waals surface area contributed by atoms with E-state index < -0.39 is 16.7 Å². The molecular formula is C17H18N4. The predicted octanol–water partition coefficient (Wildman–Crippen LogP) is 3.77. The number of hydrogen-bond donors (Lipinski definition) is 0. The molecule has 1 atom stereocenters. The number of rotatable bonds is 4. The van der Waals surface area contributed by atoms with Crippen molar-refractivity contribution in [1.29, 1.82) is 21.0 Å². The maximum Gasteiger partial charge on any atom is 0.198 e. The first-order valence-corrected chi connectivity index (χ1v) is 7.03. The van der Waals surface area contributed by atoms with Gasteiger partial charge in [-0.3, -0.25) is 0 Å². The van der Waals surface area contributed by atoms with Gasteiger partial charge in [0.1, 0.15) is 0 Å². The molecule has 0 saturated heterocycles. The number of hydrogen-bond acceptors (Lipinski definition) is 4. The van der Waals surface area contributed by atoms with Gasteiger partial charge >= 0.3 is 0 Å². The van der Waals surface area contributed by atoms with E-state index in [0.29, 0.717) is 5.57 Å². The molecule has 4 heteroatoms. The molecule has 1 fully saturated rings. The Hall–Kier alpha value is -2.56. The average Bonchev–Trinajstić information content (AvgIpc) is 2.50. The van der Waals surface area contributed by atoms with Crippen LogP contribution >= 0.6 is 0 Å². The summed E-state index contributed by atoms with van der Waals surface area (Å²) in [7, 11) is 0. The number of unbranched alkanes of at least 4 members (excludes halogenated alkanes) is 1. The summed E-state index contributed by atoms with van der Waals surface area (Å²) in [4.78, 5) is 0. The van der Waals surface area contributed by atoms with Gasteiger partial charge in [0, 0.05) is 5.92 Å². The molecule has 1 unspecified atom stereocenters. The molecule has 0 spiro atoms. The van der Waals surface area contributed by atoms with Crippen molar-refractivity contribution in [1.82, 2.24) is 0 Å². The molecule has 21 heavy (non-hydrogen) atoms. The van der Waals surface area contributed by atoms with Crippen LogP contribution in [0.15, 0.2) is 23.3 Å². The van der Waals surface area contributed by atoms with Gasteiger partial charge in [-0.15, -0.1) is 0 Å². The molecule has 4 nitrogen and oxygen atoms in total. The highest BCUT2D eigenvalue weighted by atomic mass is 14.7. The first kappa shape index (κ1) is 16.5. The summed E-state index contributed by atoms with van der Waals surface area (Å²) in [5.41, 5.74) is -1.68. The van der Waals surface area contributed by atoms with Crippen molar-refractivity contribution in [2.75, 3.05) is 0 Å². The third-order valence-electron chi connectivity index (χ3n) is 4.21. The van der Waals surface area contributed by atoms with Gasteiger partial charge in [0.15, 0.2) is 10.8 Å². The molecule has 1 aliphatic carbocycles.